The van der Waals surface area contributed by atoms with Crippen LogP contribution in [0.15, 0.2) is 49.2 Å². The number of hydrogen-bond acceptors (Lipinski definition) is 6. The van der Waals surface area contributed by atoms with Gasteiger partial charge in [0.1, 0.15) is 11.9 Å². The van der Waals surface area contributed by atoms with Gasteiger partial charge in [-0.1, -0.05) is 0 Å². The molecule has 6 rings (SSSR count). The monoisotopic (exact) mass is 446 g/mol. The summed E-state index contributed by atoms with van der Waals surface area (Å²) < 4.78 is 3.54. The molecule has 2 fully saturated rings. The molecule has 32 heavy (non-hydrogen) atoms. The minimum absolute atomic E-state index is 0. The average Bonchev–Trinajstić information content (AvgIpc) is 3.23. The minimum atomic E-state index is 0. The van der Waals surface area contributed by atoms with E-state index < -0.39 is 0 Å². The number of halogens is 1. The van der Waals surface area contributed by atoms with Gasteiger partial charge < -0.3 is 10.6 Å². The second-order valence-electron chi connectivity index (χ2n) is 8.55. The van der Waals surface area contributed by atoms with Crippen molar-refractivity contribution < 1.29 is 0 Å². The first kappa shape index (κ1) is 20.5. The Bertz CT molecular complexity index is 1320. The Hall–Kier alpha value is -3.41. The predicted molar refractivity (Wildman–Crippen MR) is 124 cm³/mol. The molecular formula is C23H23ClN8. The van der Waals surface area contributed by atoms with E-state index in [0.29, 0.717) is 11.5 Å². The van der Waals surface area contributed by atoms with Gasteiger partial charge in [0.05, 0.1) is 23.5 Å². The number of anilines is 1. The van der Waals surface area contributed by atoms with Crippen LogP contribution in [0.4, 0.5) is 5.82 Å². The van der Waals surface area contributed by atoms with Crippen LogP contribution >= 0.6 is 12.4 Å². The number of piperidine rings is 1. The zero-order chi connectivity index (χ0) is 21.1. The summed E-state index contributed by atoms with van der Waals surface area (Å²) in [5, 5.41) is 18.3. The van der Waals surface area contributed by atoms with Crippen molar-refractivity contribution in [1.29, 1.82) is 5.26 Å². The SMILES string of the molecule is Cl.Cn1cc(-c2cc(-c3ccc(N4C[C@@H]5C(CN)[C@@H]5C4)nc3)c3c(C#N)cnn3c2)cn1. The lowest BCUT2D eigenvalue weighted by Gasteiger charge is -2.20. The standard InChI is InChI=1S/C23H22N8.ClH/c1-29-10-17(9-27-29)15-4-18(23-16(5-24)8-28-31(23)11-15)14-2-3-22(26-7-14)30-12-20-19(6-25)21(20)13-30;/h2-4,7-11,19-21H,6,12-13,25H2,1H3;1H/t19?,20-,21+;. The quantitative estimate of drug-likeness (QED) is 0.517. The summed E-state index contributed by atoms with van der Waals surface area (Å²) in [6.45, 7) is 2.88. The van der Waals surface area contributed by atoms with Crippen molar-refractivity contribution in [2.45, 2.75) is 0 Å². The van der Waals surface area contributed by atoms with E-state index in [9.17, 15) is 5.26 Å². The van der Waals surface area contributed by atoms with Gasteiger partial charge in [-0.15, -0.1) is 12.4 Å². The van der Waals surface area contributed by atoms with Crippen LogP contribution < -0.4 is 10.6 Å². The van der Waals surface area contributed by atoms with Gasteiger partial charge in [0.2, 0.25) is 0 Å². The number of nitrogens with two attached hydrogens (primary N) is 1. The maximum Gasteiger partial charge on any atom is 0.128 e. The molecule has 1 aliphatic carbocycles. The molecule has 4 aromatic heterocycles. The lowest BCUT2D eigenvalue weighted by atomic mass is 10.0. The van der Waals surface area contributed by atoms with Gasteiger partial charge in [0.15, 0.2) is 0 Å². The molecular weight excluding hydrogens is 424 g/mol. The molecule has 9 heteroatoms. The number of fused-ring (bicyclic) bond motifs is 2. The zero-order valence-electron chi connectivity index (χ0n) is 17.6. The van der Waals surface area contributed by atoms with Crippen molar-refractivity contribution in [2.75, 3.05) is 24.5 Å². The fourth-order valence-electron chi connectivity index (χ4n) is 5.07. The highest BCUT2D eigenvalue weighted by atomic mass is 35.5. The topological polar surface area (TPSA) is 101 Å². The smallest absolute Gasteiger partial charge is 0.128 e. The highest BCUT2D eigenvalue weighted by Gasteiger charge is 2.54. The number of nitrogens with zero attached hydrogens (tertiary/aromatic N) is 7. The normalized spacial score (nSPS) is 21.3. The Labute approximate surface area is 191 Å². The lowest BCUT2D eigenvalue weighted by molar-refractivity contribution is 0.644. The van der Waals surface area contributed by atoms with E-state index in [4.69, 9.17) is 10.7 Å². The molecule has 0 spiro atoms. The number of hydrogen-bond donors (Lipinski definition) is 1. The molecule has 0 aromatic carbocycles. The van der Waals surface area contributed by atoms with Gasteiger partial charge in [-0.2, -0.15) is 15.5 Å². The van der Waals surface area contributed by atoms with Crippen molar-refractivity contribution in [3.63, 3.8) is 0 Å². The van der Waals surface area contributed by atoms with Crippen LogP contribution in [0.5, 0.6) is 0 Å². The van der Waals surface area contributed by atoms with E-state index in [2.05, 4.69) is 39.4 Å². The van der Waals surface area contributed by atoms with Crippen LogP contribution in [0.1, 0.15) is 5.56 Å². The van der Waals surface area contributed by atoms with Crippen LogP contribution in [0.3, 0.4) is 0 Å². The second kappa shape index (κ2) is 7.62. The first-order valence-corrected chi connectivity index (χ1v) is 10.5. The van der Waals surface area contributed by atoms with Crippen molar-refractivity contribution in [3.05, 3.63) is 54.7 Å². The Morgan fingerprint density at radius 1 is 1.06 bits per heavy atom. The van der Waals surface area contributed by atoms with Gasteiger partial charge in [0, 0.05) is 61.0 Å². The summed E-state index contributed by atoms with van der Waals surface area (Å²) in [5.74, 6) is 3.16. The first-order chi connectivity index (χ1) is 15.2. The van der Waals surface area contributed by atoms with E-state index in [1.165, 1.54) is 0 Å². The molecule has 1 aliphatic heterocycles. The molecule has 4 aromatic rings. The highest BCUT2D eigenvalue weighted by molar-refractivity contribution is 5.87. The van der Waals surface area contributed by atoms with Crippen molar-refractivity contribution in [2.24, 2.45) is 30.5 Å². The lowest BCUT2D eigenvalue weighted by Crippen LogP contribution is -2.26. The van der Waals surface area contributed by atoms with E-state index >= 15 is 0 Å². The molecule has 2 aliphatic rings. The highest BCUT2D eigenvalue weighted by Crippen LogP contribution is 2.51. The van der Waals surface area contributed by atoms with Gasteiger partial charge >= 0.3 is 0 Å². The summed E-state index contributed by atoms with van der Waals surface area (Å²) in [7, 11) is 1.89. The molecule has 1 unspecified atom stereocenters. The van der Waals surface area contributed by atoms with Gasteiger partial charge in [-0.05, 0) is 42.5 Å². The van der Waals surface area contributed by atoms with E-state index in [1.54, 1.807) is 15.4 Å². The summed E-state index contributed by atoms with van der Waals surface area (Å²) in [6, 6.07) is 8.51. The summed E-state index contributed by atoms with van der Waals surface area (Å²) in [5.41, 5.74) is 11.0. The molecule has 0 amide bonds. The predicted octanol–water partition coefficient (Wildman–Crippen LogP) is 2.73. The number of aromatic nitrogens is 5. The van der Waals surface area contributed by atoms with Crippen LogP contribution in [-0.2, 0) is 7.05 Å². The molecule has 3 atom stereocenters. The zero-order valence-corrected chi connectivity index (χ0v) is 18.4. The third-order valence-electron chi connectivity index (χ3n) is 6.80. The molecule has 0 bridgehead atoms. The number of pyridine rings is 2. The van der Waals surface area contributed by atoms with Gasteiger partial charge in [-0.3, -0.25) is 4.68 Å². The number of aryl methyl sites for hydroxylation is 1. The molecule has 5 heterocycles. The molecule has 0 radical (unpaired) electrons. The van der Waals surface area contributed by atoms with E-state index in [1.807, 2.05) is 31.8 Å². The maximum atomic E-state index is 9.60. The second-order valence-corrected chi connectivity index (χ2v) is 8.55. The Morgan fingerprint density at radius 3 is 2.50 bits per heavy atom. The van der Waals surface area contributed by atoms with Crippen molar-refractivity contribution in [3.8, 4) is 28.3 Å². The van der Waals surface area contributed by atoms with Crippen molar-refractivity contribution in [1.82, 2.24) is 24.4 Å². The average molecular weight is 447 g/mol. The van der Waals surface area contributed by atoms with Gasteiger partial charge in [0.25, 0.3) is 0 Å². The van der Waals surface area contributed by atoms with Crippen molar-refractivity contribution >= 4 is 23.7 Å². The summed E-state index contributed by atoms with van der Waals surface area (Å²) >= 11 is 0. The number of rotatable bonds is 4. The van der Waals surface area contributed by atoms with Crippen LogP contribution in [0, 0.1) is 29.1 Å². The molecule has 8 nitrogen and oxygen atoms in total. The third kappa shape index (κ3) is 3.13. The molecule has 1 saturated carbocycles. The minimum Gasteiger partial charge on any atom is -0.356 e. The molecule has 1 saturated heterocycles. The Kier molecular flexibility index (Phi) is 4.88. The van der Waals surface area contributed by atoms with E-state index in [0.717, 1.165) is 65.1 Å². The molecule has 162 valence electrons. The van der Waals surface area contributed by atoms with Crippen LogP contribution in [0.2, 0.25) is 0 Å². The fraction of sp³-hybridized carbons (Fsp3) is 0.304. The summed E-state index contributed by atoms with van der Waals surface area (Å²) in [6.07, 6.45) is 9.24. The first-order valence-electron chi connectivity index (χ1n) is 10.5. The maximum absolute atomic E-state index is 9.60. The van der Waals surface area contributed by atoms with Gasteiger partial charge in [-0.25, -0.2) is 9.50 Å². The number of nitriles is 1. The van der Waals surface area contributed by atoms with Crippen LogP contribution in [-0.4, -0.2) is 44.0 Å². The Morgan fingerprint density at radius 2 is 1.88 bits per heavy atom. The summed E-state index contributed by atoms with van der Waals surface area (Å²) in [4.78, 5) is 7.12. The van der Waals surface area contributed by atoms with Crippen LogP contribution in [0.25, 0.3) is 27.8 Å². The van der Waals surface area contributed by atoms with E-state index in [-0.39, 0.29) is 12.4 Å². The molecule has 2 N–H and O–H groups in total. The third-order valence-corrected chi connectivity index (χ3v) is 6.80. The Balaban J connectivity index is 0.00000216. The largest absolute Gasteiger partial charge is 0.356 e. The fourth-order valence-corrected chi connectivity index (χ4v) is 5.07.